The molecular formula is C12H13ClN6. The van der Waals surface area contributed by atoms with Gasteiger partial charge in [0.25, 0.3) is 0 Å². The average Bonchev–Trinajstić information content (AvgIpc) is 2.35. The normalized spacial score (nSPS) is 9.47. The Morgan fingerprint density at radius 1 is 1.00 bits per heavy atom. The standard InChI is InChI=1S/C12H13ClN6/c1-18(2)12(19(3)4)10(7-16)11(13)17-8-9(5-14)6-15/h8H,1-4H3. The summed E-state index contributed by atoms with van der Waals surface area (Å²) in [6.07, 6.45) is 1.03. The number of nitrogens with zero attached hydrogens (tertiary/aromatic N) is 6. The van der Waals surface area contributed by atoms with E-state index in [2.05, 4.69) is 4.99 Å². The van der Waals surface area contributed by atoms with Crippen molar-refractivity contribution in [2.75, 3.05) is 28.2 Å². The maximum absolute atomic E-state index is 9.17. The molecule has 0 saturated carbocycles. The molecule has 7 heteroatoms. The number of nitriles is 3. The van der Waals surface area contributed by atoms with Gasteiger partial charge in [0, 0.05) is 28.2 Å². The van der Waals surface area contributed by atoms with Crippen molar-refractivity contribution in [3.8, 4) is 18.2 Å². The number of hydrogen-bond acceptors (Lipinski definition) is 6. The number of allylic oxidation sites excluding steroid dienone is 2. The van der Waals surface area contributed by atoms with Gasteiger partial charge in [-0.05, 0) is 0 Å². The zero-order chi connectivity index (χ0) is 15.0. The summed E-state index contributed by atoms with van der Waals surface area (Å²) in [6, 6.07) is 5.27. The molecule has 0 spiro atoms. The fourth-order valence-corrected chi connectivity index (χ4v) is 1.48. The van der Waals surface area contributed by atoms with Gasteiger partial charge in [-0.2, -0.15) is 15.8 Å². The van der Waals surface area contributed by atoms with Gasteiger partial charge in [0.1, 0.15) is 35.2 Å². The molecule has 98 valence electrons. The van der Waals surface area contributed by atoms with Crippen molar-refractivity contribution in [2.45, 2.75) is 0 Å². The maximum Gasteiger partial charge on any atom is 0.150 e. The lowest BCUT2D eigenvalue weighted by atomic mass is 10.3. The highest BCUT2D eigenvalue weighted by Crippen LogP contribution is 2.14. The van der Waals surface area contributed by atoms with Crippen LogP contribution >= 0.6 is 11.6 Å². The van der Waals surface area contributed by atoms with Crippen molar-refractivity contribution in [3.05, 3.63) is 23.2 Å². The molecule has 0 saturated heterocycles. The van der Waals surface area contributed by atoms with Gasteiger partial charge in [0.15, 0.2) is 5.17 Å². The fourth-order valence-electron chi connectivity index (χ4n) is 1.30. The van der Waals surface area contributed by atoms with Crippen LogP contribution in [0.2, 0.25) is 0 Å². The third-order valence-electron chi connectivity index (χ3n) is 1.94. The van der Waals surface area contributed by atoms with Crippen molar-refractivity contribution >= 4 is 16.8 Å². The Hall–Kier alpha value is -2.49. The molecule has 0 aromatic carbocycles. The lowest BCUT2D eigenvalue weighted by molar-refractivity contribution is 0.341. The Morgan fingerprint density at radius 2 is 1.47 bits per heavy atom. The van der Waals surface area contributed by atoms with E-state index in [9.17, 15) is 0 Å². The minimum Gasteiger partial charge on any atom is -0.363 e. The minimum absolute atomic E-state index is 0.0806. The molecule has 0 amide bonds. The lowest BCUT2D eigenvalue weighted by Crippen LogP contribution is -2.27. The fraction of sp³-hybridized carbons (Fsp3) is 0.333. The molecule has 0 fully saturated rings. The molecule has 6 nitrogen and oxygen atoms in total. The Kier molecular flexibility index (Phi) is 6.75. The van der Waals surface area contributed by atoms with Gasteiger partial charge in [-0.25, -0.2) is 4.99 Å². The molecule has 0 aliphatic heterocycles. The van der Waals surface area contributed by atoms with Crippen molar-refractivity contribution in [1.82, 2.24) is 9.80 Å². The van der Waals surface area contributed by atoms with E-state index in [1.165, 1.54) is 0 Å². The van der Waals surface area contributed by atoms with E-state index >= 15 is 0 Å². The maximum atomic E-state index is 9.17. The zero-order valence-corrected chi connectivity index (χ0v) is 11.9. The summed E-state index contributed by atoms with van der Waals surface area (Å²) in [5, 5.41) is 26.2. The largest absolute Gasteiger partial charge is 0.363 e. The van der Waals surface area contributed by atoms with Crippen LogP contribution in [0.3, 0.4) is 0 Å². The topological polar surface area (TPSA) is 90.2 Å². The van der Waals surface area contributed by atoms with Crippen molar-refractivity contribution in [2.24, 2.45) is 4.99 Å². The first-order valence-electron chi connectivity index (χ1n) is 5.12. The summed E-state index contributed by atoms with van der Waals surface area (Å²) >= 11 is 5.94. The van der Waals surface area contributed by atoms with E-state index in [-0.39, 0.29) is 16.3 Å². The molecular weight excluding hydrogens is 264 g/mol. The van der Waals surface area contributed by atoms with Gasteiger partial charge >= 0.3 is 0 Å². The highest BCUT2D eigenvalue weighted by molar-refractivity contribution is 6.70. The Morgan fingerprint density at radius 3 is 1.79 bits per heavy atom. The number of hydrogen-bond donors (Lipinski definition) is 0. The molecule has 0 aromatic heterocycles. The average molecular weight is 277 g/mol. The summed E-state index contributed by atoms with van der Waals surface area (Å²) in [7, 11) is 7.07. The van der Waals surface area contributed by atoms with Crippen LogP contribution in [0, 0.1) is 34.0 Å². The van der Waals surface area contributed by atoms with E-state index < -0.39 is 0 Å². The van der Waals surface area contributed by atoms with E-state index in [1.54, 1.807) is 50.1 Å². The van der Waals surface area contributed by atoms with Crippen molar-refractivity contribution in [1.29, 1.82) is 15.8 Å². The molecule has 0 aromatic rings. The SMILES string of the molecule is CN(C)C(=C(C#N)C(Cl)=NC=C(C#N)C#N)N(C)C. The van der Waals surface area contributed by atoms with Gasteiger partial charge in [-0.15, -0.1) is 0 Å². The van der Waals surface area contributed by atoms with Crippen LogP contribution in [-0.2, 0) is 0 Å². The third kappa shape index (κ3) is 4.71. The molecule has 19 heavy (non-hydrogen) atoms. The molecule has 0 radical (unpaired) electrons. The molecule has 0 aliphatic rings. The first-order chi connectivity index (χ1) is 8.88. The van der Waals surface area contributed by atoms with Crippen LogP contribution in [0.1, 0.15) is 0 Å². The van der Waals surface area contributed by atoms with Crippen molar-refractivity contribution in [3.63, 3.8) is 0 Å². The second-order valence-electron chi connectivity index (χ2n) is 3.79. The van der Waals surface area contributed by atoms with Crippen LogP contribution in [0.25, 0.3) is 0 Å². The van der Waals surface area contributed by atoms with Crippen LogP contribution in [-0.4, -0.2) is 43.2 Å². The predicted octanol–water partition coefficient (Wildman–Crippen LogP) is 1.41. The highest BCUT2D eigenvalue weighted by Gasteiger charge is 2.15. The summed E-state index contributed by atoms with van der Waals surface area (Å²) in [6.45, 7) is 0. The molecule has 0 rings (SSSR count). The molecule has 0 unspecified atom stereocenters. The number of halogens is 1. The molecule has 0 aliphatic carbocycles. The summed E-state index contributed by atoms with van der Waals surface area (Å²) < 4.78 is 0. The van der Waals surface area contributed by atoms with E-state index in [1.807, 2.05) is 6.07 Å². The Labute approximate surface area is 117 Å². The second-order valence-corrected chi connectivity index (χ2v) is 4.14. The van der Waals surface area contributed by atoms with Gasteiger partial charge in [-0.3, -0.25) is 0 Å². The second kappa shape index (κ2) is 7.76. The van der Waals surface area contributed by atoms with Crippen molar-refractivity contribution < 1.29 is 0 Å². The van der Waals surface area contributed by atoms with Gasteiger partial charge < -0.3 is 9.80 Å². The first-order valence-corrected chi connectivity index (χ1v) is 5.49. The molecule has 0 heterocycles. The lowest BCUT2D eigenvalue weighted by Gasteiger charge is -2.25. The molecule has 0 bridgehead atoms. The van der Waals surface area contributed by atoms with Crippen LogP contribution < -0.4 is 0 Å². The smallest absolute Gasteiger partial charge is 0.150 e. The van der Waals surface area contributed by atoms with Gasteiger partial charge in [0.05, 0.1) is 6.20 Å². The highest BCUT2D eigenvalue weighted by atomic mass is 35.5. The quantitative estimate of drug-likeness (QED) is 0.572. The monoisotopic (exact) mass is 276 g/mol. The predicted molar refractivity (Wildman–Crippen MR) is 72.6 cm³/mol. The summed E-state index contributed by atoms with van der Waals surface area (Å²) in [4.78, 5) is 7.20. The Balaban J connectivity index is 5.77. The third-order valence-corrected chi connectivity index (χ3v) is 2.22. The Bertz CT molecular complexity index is 522. The summed E-state index contributed by atoms with van der Waals surface area (Å²) in [5.74, 6) is 0.570. The van der Waals surface area contributed by atoms with Crippen LogP contribution in [0.15, 0.2) is 28.2 Å². The van der Waals surface area contributed by atoms with Crippen LogP contribution in [0.5, 0.6) is 0 Å². The number of rotatable bonds is 4. The zero-order valence-electron chi connectivity index (χ0n) is 11.1. The van der Waals surface area contributed by atoms with E-state index in [4.69, 9.17) is 27.4 Å². The first kappa shape index (κ1) is 16.5. The summed E-state index contributed by atoms with van der Waals surface area (Å²) in [5.41, 5.74) is -0.0326. The van der Waals surface area contributed by atoms with Gasteiger partial charge in [0.2, 0.25) is 0 Å². The van der Waals surface area contributed by atoms with Crippen LogP contribution in [0.4, 0.5) is 0 Å². The van der Waals surface area contributed by atoms with Gasteiger partial charge in [-0.1, -0.05) is 11.6 Å². The van der Waals surface area contributed by atoms with E-state index in [0.717, 1.165) is 6.20 Å². The molecule has 0 N–H and O–H groups in total. The van der Waals surface area contributed by atoms with E-state index in [0.29, 0.717) is 5.82 Å². The number of aliphatic imine (C=N–C) groups is 1. The minimum atomic E-state index is -0.188. The molecule has 0 atom stereocenters.